The van der Waals surface area contributed by atoms with Gasteiger partial charge in [-0.05, 0) is 62.8 Å². The van der Waals surface area contributed by atoms with Crippen LogP contribution in [0.2, 0.25) is 0 Å². The van der Waals surface area contributed by atoms with E-state index in [4.69, 9.17) is 0 Å². The number of carbonyl (C=O) groups excluding carboxylic acids is 3. The number of hydrogen-bond acceptors (Lipinski definition) is 3. The van der Waals surface area contributed by atoms with Gasteiger partial charge in [-0.15, -0.1) is 0 Å². The molecule has 1 aliphatic heterocycles. The number of benzene rings is 2. The van der Waals surface area contributed by atoms with E-state index in [0.29, 0.717) is 31.5 Å². The molecule has 1 heterocycles. The van der Waals surface area contributed by atoms with Crippen molar-refractivity contribution in [3.63, 3.8) is 0 Å². The van der Waals surface area contributed by atoms with Crippen LogP contribution in [0.3, 0.4) is 0 Å². The molecule has 0 saturated carbocycles. The highest BCUT2D eigenvalue weighted by molar-refractivity contribution is 5.98. The second-order valence-corrected chi connectivity index (χ2v) is 8.58. The van der Waals surface area contributed by atoms with E-state index in [9.17, 15) is 14.4 Å². The highest BCUT2D eigenvalue weighted by atomic mass is 16.2. The van der Waals surface area contributed by atoms with E-state index in [1.165, 1.54) is 0 Å². The number of likely N-dealkylation sites (tertiary alicyclic amines) is 1. The maximum atomic E-state index is 13.1. The van der Waals surface area contributed by atoms with Gasteiger partial charge in [-0.2, -0.15) is 0 Å². The standard InChI is InChI=1S/C26H33N3O3/c1-4-19(3)27-25(31)23(28-24(30)21-11-6-5-7-12-21)20-14-16-29(17-15-20)26(32)22-13-9-8-10-18(22)2/h5-13,19-20,23H,4,14-17H2,1-3H3,(H,27,31)(H,28,30). The molecule has 0 spiro atoms. The molecule has 32 heavy (non-hydrogen) atoms. The predicted molar refractivity (Wildman–Crippen MR) is 125 cm³/mol. The third-order valence-corrected chi connectivity index (χ3v) is 6.28. The fourth-order valence-electron chi connectivity index (χ4n) is 4.07. The SMILES string of the molecule is CCC(C)NC(=O)C(NC(=O)c1ccccc1)C1CCN(C(=O)c2ccccc2C)CC1. The molecular formula is C26H33N3O3. The number of nitrogens with zero attached hydrogens (tertiary/aromatic N) is 1. The first kappa shape index (κ1) is 23.5. The Balaban J connectivity index is 1.70. The molecule has 6 nitrogen and oxygen atoms in total. The van der Waals surface area contributed by atoms with Gasteiger partial charge in [0.2, 0.25) is 5.91 Å². The molecule has 1 fully saturated rings. The lowest BCUT2D eigenvalue weighted by Crippen LogP contribution is -2.55. The minimum Gasteiger partial charge on any atom is -0.352 e. The van der Waals surface area contributed by atoms with Gasteiger partial charge < -0.3 is 15.5 Å². The van der Waals surface area contributed by atoms with E-state index in [2.05, 4.69) is 10.6 Å². The van der Waals surface area contributed by atoms with E-state index in [1.807, 2.05) is 56.0 Å². The van der Waals surface area contributed by atoms with Crippen LogP contribution in [-0.4, -0.2) is 47.8 Å². The monoisotopic (exact) mass is 435 g/mol. The van der Waals surface area contributed by atoms with Gasteiger partial charge in [0.25, 0.3) is 11.8 Å². The molecule has 3 rings (SSSR count). The van der Waals surface area contributed by atoms with E-state index in [1.54, 1.807) is 24.3 Å². The molecule has 2 aromatic carbocycles. The average molecular weight is 436 g/mol. The van der Waals surface area contributed by atoms with Crippen molar-refractivity contribution in [3.05, 3.63) is 71.3 Å². The fourth-order valence-corrected chi connectivity index (χ4v) is 4.07. The minimum atomic E-state index is -0.632. The Labute approximate surface area is 190 Å². The van der Waals surface area contributed by atoms with Crippen molar-refractivity contribution in [2.24, 2.45) is 5.92 Å². The molecule has 0 bridgehead atoms. The number of rotatable bonds is 7. The van der Waals surface area contributed by atoms with E-state index in [-0.39, 0.29) is 29.7 Å². The average Bonchev–Trinajstić information content (AvgIpc) is 2.82. The van der Waals surface area contributed by atoms with E-state index >= 15 is 0 Å². The van der Waals surface area contributed by atoms with Gasteiger partial charge in [-0.25, -0.2) is 0 Å². The molecule has 2 N–H and O–H groups in total. The minimum absolute atomic E-state index is 0.0236. The summed E-state index contributed by atoms with van der Waals surface area (Å²) in [6.45, 7) is 7.03. The van der Waals surface area contributed by atoms with Crippen LogP contribution in [0.4, 0.5) is 0 Å². The van der Waals surface area contributed by atoms with Crippen molar-refractivity contribution in [2.75, 3.05) is 13.1 Å². The van der Waals surface area contributed by atoms with Crippen molar-refractivity contribution in [3.8, 4) is 0 Å². The number of amides is 3. The third kappa shape index (κ3) is 5.75. The normalized spacial score (nSPS) is 16.2. The summed E-state index contributed by atoms with van der Waals surface area (Å²) in [5.41, 5.74) is 2.20. The number of nitrogens with one attached hydrogen (secondary N) is 2. The lowest BCUT2D eigenvalue weighted by molar-refractivity contribution is -0.125. The molecule has 0 aliphatic carbocycles. The molecule has 170 valence electrons. The van der Waals surface area contributed by atoms with Gasteiger partial charge in [0, 0.05) is 30.3 Å². The second-order valence-electron chi connectivity index (χ2n) is 8.58. The lowest BCUT2D eigenvalue weighted by atomic mass is 9.88. The molecule has 0 aromatic heterocycles. The fraction of sp³-hybridized carbons (Fsp3) is 0.423. The van der Waals surface area contributed by atoms with Crippen molar-refractivity contribution in [1.82, 2.24) is 15.5 Å². The van der Waals surface area contributed by atoms with Gasteiger partial charge in [-0.1, -0.05) is 43.3 Å². The van der Waals surface area contributed by atoms with Crippen LogP contribution < -0.4 is 10.6 Å². The molecule has 2 atom stereocenters. The van der Waals surface area contributed by atoms with Crippen LogP contribution in [0.5, 0.6) is 0 Å². The molecule has 0 radical (unpaired) electrons. The van der Waals surface area contributed by atoms with Gasteiger partial charge in [0.15, 0.2) is 0 Å². The maximum absolute atomic E-state index is 13.1. The Morgan fingerprint density at radius 3 is 2.22 bits per heavy atom. The zero-order chi connectivity index (χ0) is 23.1. The zero-order valence-electron chi connectivity index (χ0n) is 19.1. The Bertz CT molecular complexity index is 936. The van der Waals surface area contributed by atoms with Crippen LogP contribution in [0.15, 0.2) is 54.6 Å². The molecule has 3 amide bonds. The molecule has 2 aromatic rings. The summed E-state index contributed by atoms with van der Waals surface area (Å²) in [5.74, 6) is -0.427. The summed E-state index contributed by atoms with van der Waals surface area (Å²) in [6, 6.07) is 15.9. The first-order chi connectivity index (χ1) is 15.4. The van der Waals surface area contributed by atoms with Crippen LogP contribution in [0, 0.1) is 12.8 Å². The number of aryl methyl sites for hydroxylation is 1. The van der Waals surface area contributed by atoms with Gasteiger partial charge in [0.1, 0.15) is 6.04 Å². The van der Waals surface area contributed by atoms with Crippen molar-refractivity contribution in [1.29, 1.82) is 0 Å². The molecular weight excluding hydrogens is 402 g/mol. The summed E-state index contributed by atoms with van der Waals surface area (Å²) in [5, 5.41) is 5.98. The first-order valence-electron chi connectivity index (χ1n) is 11.4. The van der Waals surface area contributed by atoms with Crippen LogP contribution in [0.25, 0.3) is 0 Å². The van der Waals surface area contributed by atoms with Crippen molar-refractivity contribution < 1.29 is 14.4 Å². The van der Waals surface area contributed by atoms with Gasteiger partial charge >= 0.3 is 0 Å². The predicted octanol–water partition coefficient (Wildman–Crippen LogP) is 3.56. The molecule has 6 heteroatoms. The topological polar surface area (TPSA) is 78.5 Å². The summed E-state index contributed by atoms with van der Waals surface area (Å²) >= 11 is 0. The smallest absolute Gasteiger partial charge is 0.254 e. The number of hydrogen-bond donors (Lipinski definition) is 2. The highest BCUT2D eigenvalue weighted by Gasteiger charge is 2.34. The second kappa shape index (κ2) is 10.9. The quantitative estimate of drug-likeness (QED) is 0.698. The van der Waals surface area contributed by atoms with Gasteiger partial charge in [-0.3, -0.25) is 14.4 Å². The molecule has 2 unspecified atom stereocenters. The largest absolute Gasteiger partial charge is 0.352 e. The van der Waals surface area contributed by atoms with Crippen LogP contribution in [0.1, 0.15) is 59.4 Å². The molecule has 1 aliphatic rings. The number of carbonyl (C=O) groups is 3. The highest BCUT2D eigenvalue weighted by Crippen LogP contribution is 2.24. The van der Waals surface area contributed by atoms with Crippen LogP contribution in [-0.2, 0) is 4.79 Å². The van der Waals surface area contributed by atoms with Gasteiger partial charge in [0.05, 0.1) is 0 Å². The van der Waals surface area contributed by atoms with Crippen molar-refractivity contribution >= 4 is 17.7 Å². The maximum Gasteiger partial charge on any atom is 0.254 e. The zero-order valence-corrected chi connectivity index (χ0v) is 19.1. The lowest BCUT2D eigenvalue weighted by Gasteiger charge is -2.36. The van der Waals surface area contributed by atoms with E-state index in [0.717, 1.165) is 17.5 Å². The third-order valence-electron chi connectivity index (χ3n) is 6.28. The van der Waals surface area contributed by atoms with E-state index < -0.39 is 6.04 Å². The summed E-state index contributed by atoms with van der Waals surface area (Å²) in [4.78, 5) is 40.7. The summed E-state index contributed by atoms with van der Waals surface area (Å²) in [6.07, 6.45) is 2.13. The number of piperidine rings is 1. The Hall–Kier alpha value is -3.15. The molecule has 1 saturated heterocycles. The Kier molecular flexibility index (Phi) is 8.03. The first-order valence-corrected chi connectivity index (χ1v) is 11.4. The van der Waals surface area contributed by atoms with Crippen LogP contribution >= 0.6 is 0 Å². The van der Waals surface area contributed by atoms with Crippen molar-refractivity contribution in [2.45, 2.75) is 52.1 Å². The summed E-state index contributed by atoms with van der Waals surface area (Å²) in [7, 11) is 0. The summed E-state index contributed by atoms with van der Waals surface area (Å²) < 4.78 is 0. The Morgan fingerprint density at radius 1 is 0.969 bits per heavy atom. The Morgan fingerprint density at radius 2 is 1.59 bits per heavy atom.